The van der Waals surface area contributed by atoms with Gasteiger partial charge in [-0.3, -0.25) is 0 Å². The third kappa shape index (κ3) is 5.92. The minimum absolute atomic E-state index is 0.184. The molecule has 2 nitrogen and oxygen atoms in total. The summed E-state index contributed by atoms with van der Waals surface area (Å²) in [5, 5.41) is 18.5. The molecule has 48 valence electrons. The Labute approximate surface area is 50.2 Å². The molecular formula is C6H12O2. The van der Waals surface area contributed by atoms with E-state index in [1.807, 2.05) is 0 Å². The number of aliphatic hydroxyl groups is 1. The first-order chi connectivity index (χ1) is 3.77. The second kappa shape index (κ2) is 5.06. The number of hydrogen-bond acceptors (Lipinski definition) is 1. The lowest BCUT2D eigenvalue weighted by atomic mass is 10.2. The van der Waals surface area contributed by atoms with Gasteiger partial charge in [0.15, 0.2) is 0 Å². The third-order valence-electron chi connectivity index (χ3n) is 0.861. The Morgan fingerprint density at radius 1 is 1.75 bits per heavy atom. The monoisotopic (exact) mass is 116 g/mol. The molecule has 2 heteroatoms. The van der Waals surface area contributed by atoms with Gasteiger partial charge in [-0.25, -0.2) is 5.11 Å². The van der Waals surface area contributed by atoms with Gasteiger partial charge in [-0.1, -0.05) is 0 Å². The predicted octanol–water partition coefficient (Wildman–Crippen LogP) is 0.782. The Kier molecular flexibility index (Phi) is 5.01. The molecule has 0 aliphatic rings. The molecule has 1 unspecified atom stereocenters. The lowest BCUT2D eigenvalue weighted by molar-refractivity contribution is 0.128. The van der Waals surface area contributed by atoms with Crippen LogP contribution in [0.15, 0.2) is 0 Å². The van der Waals surface area contributed by atoms with E-state index in [9.17, 15) is 5.11 Å². The van der Waals surface area contributed by atoms with Crippen LogP contribution in [0.5, 0.6) is 0 Å². The fourth-order valence-electron chi connectivity index (χ4n) is 0.444. The molecule has 0 heterocycles. The normalized spacial score (nSPS) is 13.9. The van der Waals surface area contributed by atoms with Gasteiger partial charge in [0, 0.05) is 6.61 Å². The van der Waals surface area contributed by atoms with E-state index in [0.717, 1.165) is 6.42 Å². The van der Waals surface area contributed by atoms with Crippen LogP contribution >= 0.6 is 0 Å². The molecule has 0 aromatic rings. The van der Waals surface area contributed by atoms with E-state index in [-0.39, 0.29) is 6.61 Å². The molecule has 0 amide bonds. The van der Waals surface area contributed by atoms with Gasteiger partial charge in [0.2, 0.25) is 0 Å². The maximum Gasteiger partial charge on any atom is 0.0933 e. The summed E-state index contributed by atoms with van der Waals surface area (Å²) in [5.41, 5.74) is 0. The van der Waals surface area contributed by atoms with Crippen molar-refractivity contribution in [3.05, 3.63) is 6.42 Å². The topological polar surface area (TPSA) is 40.1 Å². The second-order valence-corrected chi connectivity index (χ2v) is 1.81. The van der Waals surface area contributed by atoms with E-state index >= 15 is 0 Å². The Balaban J connectivity index is 2.72. The fourth-order valence-corrected chi connectivity index (χ4v) is 0.444. The van der Waals surface area contributed by atoms with Crippen molar-refractivity contribution in [2.45, 2.75) is 25.9 Å². The van der Waals surface area contributed by atoms with Gasteiger partial charge in [0.1, 0.15) is 0 Å². The van der Waals surface area contributed by atoms with Crippen molar-refractivity contribution < 1.29 is 10.2 Å². The third-order valence-corrected chi connectivity index (χ3v) is 0.861. The Morgan fingerprint density at radius 2 is 2.38 bits per heavy atom. The van der Waals surface area contributed by atoms with E-state index < -0.39 is 6.10 Å². The lowest BCUT2D eigenvalue weighted by Gasteiger charge is -1.96. The van der Waals surface area contributed by atoms with Gasteiger partial charge in [-0.05, 0) is 26.2 Å². The Hall–Kier alpha value is -0.0800. The zero-order valence-corrected chi connectivity index (χ0v) is 5.13. The maximum atomic E-state index is 10.3. The summed E-state index contributed by atoms with van der Waals surface area (Å²) in [5.74, 6) is 0. The van der Waals surface area contributed by atoms with Gasteiger partial charge >= 0.3 is 0 Å². The molecule has 0 bridgehead atoms. The molecule has 1 N–H and O–H groups in total. The SMILES string of the molecule is CC([O])[CH]CCCO. The highest BCUT2D eigenvalue weighted by atomic mass is 16.3. The molecule has 0 aromatic carbocycles. The van der Waals surface area contributed by atoms with Crippen LogP contribution in [0.2, 0.25) is 0 Å². The highest BCUT2D eigenvalue weighted by Crippen LogP contribution is 1.96. The van der Waals surface area contributed by atoms with Crippen LogP contribution < -0.4 is 0 Å². The number of hydrogen-bond donors (Lipinski definition) is 1. The van der Waals surface area contributed by atoms with Crippen LogP contribution in [0.4, 0.5) is 0 Å². The summed E-state index contributed by atoms with van der Waals surface area (Å²) in [4.78, 5) is 0. The van der Waals surface area contributed by atoms with Crippen molar-refractivity contribution in [3.63, 3.8) is 0 Å². The first-order valence-electron chi connectivity index (χ1n) is 2.87. The second-order valence-electron chi connectivity index (χ2n) is 1.81. The van der Waals surface area contributed by atoms with Crippen molar-refractivity contribution in [1.29, 1.82) is 0 Å². The van der Waals surface area contributed by atoms with Gasteiger partial charge in [-0.2, -0.15) is 0 Å². The van der Waals surface area contributed by atoms with Crippen molar-refractivity contribution in [1.82, 2.24) is 0 Å². The van der Waals surface area contributed by atoms with Gasteiger partial charge in [0.25, 0.3) is 0 Å². The number of rotatable bonds is 4. The number of aliphatic hydroxyl groups excluding tert-OH is 1. The summed E-state index contributed by atoms with van der Waals surface area (Å²) in [7, 11) is 0. The summed E-state index contributed by atoms with van der Waals surface area (Å²) >= 11 is 0. The molecule has 0 rings (SSSR count). The molecule has 0 saturated carbocycles. The minimum atomic E-state index is -0.582. The van der Waals surface area contributed by atoms with Gasteiger partial charge < -0.3 is 5.11 Å². The van der Waals surface area contributed by atoms with E-state index in [1.54, 1.807) is 13.3 Å². The average molecular weight is 116 g/mol. The lowest BCUT2D eigenvalue weighted by Crippen LogP contribution is -1.98. The summed E-state index contributed by atoms with van der Waals surface area (Å²) in [6, 6.07) is 0. The van der Waals surface area contributed by atoms with Crippen LogP contribution in [0.1, 0.15) is 19.8 Å². The molecule has 0 aromatic heterocycles. The predicted molar refractivity (Wildman–Crippen MR) is 30.8 cm³/mol. The molecule has 8 heavy (non-hydrogen) atoms. The molecule has 0 aliphatic carbocycles. The van der Waals surface area contributed by atoms with E-state index in [2.05, 4.69) is 0 Å². The van der Waals surface area contributed by atoms with Crippen LogP contribution in [-0.2, 0) is 5.11 Å². The van der Waals surface area contributed by atoms with Crippen LogP contribution in [0.25, 0.3) is 0 Å². The van der Waals surface area contributed by atoms with Crippen molar-refractivity contribution in [2.75, 3.05) is 6.61 Å². The number of unbranched alkanes of at least 4 members (excludes halogenated alkanes) is 1. The summed E-state index contributed by atoms with van der Waals surface area (Å²) in [6.07, 6.45) is 2.53. The summed E-state index contributed by atoms with van der Waals surface area (Å²) < 4.78 is 0. The van der Waals surface area contributed by atoms with Crippen LogP contribution in [-0.4, -0.2) is 17.8 Å². The van der Waals surface area contributed by atoms with Crippen molar-refractivity contribution in [3.8, 4) is 0 Å². The highest BCUT2D eigenvalue weighted by molar-refractivity contribution is 4.69. The first-order valence-corrected chi connectivity index (χ1v) is 2.87. The Bertz CT molecular complexity index is 43.8. The standard InChI is InChI=1S/C6H12O2/c1-6(8)4-2-3-5-7/h4,6-7H,2-3,5H2,1H3. The van der Waals surface area contributed by atoms with E-state index in [4.69, 9.17) is 5.11 Å². The van der Waals surface area contributed by atoms with Crippen LogP contribution in [0, 0.1) is 6.42 Å². The van der Waals surface area contributed by atoms with Crippen molar-refractivity contribution >= 4 is 0 Å². The molecule has 0 saturated heterocycles. The molecule has 0 fully saturated rings. The largest absolute Gasteiger partial charge is 0.396 e. The van der Waals surface area contributed by atoms with Crippen LogP contribution in [0.3, 0.4) is 0 Å². The average Bonchev–Trinajstić information content (AvgIpc) is 1.66. The zero-order valence-electron chi connectivity index (χ0n) is 5.13. The maximum absolute atomic E-state index is 10.3. The van der Waals surface area contributed by atoms with Gasteiger partial charge in [0.05, 0.1) is 6.10 Å². The highest BCUT2D eigenvalue weighted by Gasteiger charge is 1.95. The smallest absolute Gasteiger partial charge is 0.0933 e. The summed E-state index contributed by atoms with van der Waals surface area (Å²) in [6.45, 7) is 1.78. The van der Waals surface area contributed by atoms with Crippen molar-refractivity contribution in [2.24, 2.45) is 0 Å². The zero-order chi connectivity index (χ0) is 6.41. The molecule has 2 radical (unpaired) electrons. The van der Waals surface area contributed by atoms with E-state index in [1.165, 1.54) is 0 Å². The fraction of sp³-hybridized carbons (Fsp3) is 0.833. The first kappa shape index (κ1) is 7.92. The molecule has 0 spiro atoms. The molecular weight excluding hydrogens is 104 g/mol. The quantitative estimate of drug-likeness (QED) is 0.542. The van der Waals surface area contributed by atoms with Gasteiger partial charge in [-0.15, -0.1) is 0 Å². The van der Waals surface area contributed by atoms with E-state index in [0.29, 0.717) is 6.42 Å². The Morgan fingerprint density at radius 3 is 2.75 bits per heavy atom. The molecule has 1 atom stereocenters. The molecule has 0 aliphatic heterocycles. The minimum Gasteiger partial charge on any atom is -0.396 e.